The van der Waals surface area contributed by atoms with Crippen LogP contribution in [-0.2, 0) is 17.8 Å². The maximum Gasteiger partial charge on any atom is 0.335 e. The Labute approximate surface area is 146 Å². The number of amides is 1. The Hall–Kier alpha value is -3.02. The molecule has 0 spiro atoms. The van der Waals surface area contributed by atoms with Crippen molar-refractivity contribution >= 4 is 11.9 Å². The van der Waals surface area contributed by atoms with Gasteiger partial charge in [0, 0.05) is 25.2 Å². The molecule has 1 N–H and O–H groups in total. The largest absolute Gasteiger partial charge is 0.497 e. The van der Waals surface area contributed by atoms with Crippen LogP contribution >= 0.6 is 0 Å². The van der Waals surface area contributed by atoms with E-state index in [2.05, 4.69) is 0 Å². The molecule has 2 aromatic rings. The molecule has 6 nitrogen and oxygen atoms in total. The fourth-order valence-corrected chi connectivity index (χ4v) is 2.51. The van der Waals surface area contributed by atoms with Crippen LogP contribution in [0.15, 0.2) is 42.5 Å². The zero-order chi connectivity index (χ0) is 18.4. The molecular weight excluding hydrogens is 322 g/mol. The van der Waals surface area contributed by atoms with Crippen molar-refractivity contribution in [1.29, 1.82) is 0 Å². The van der Waals surface area contributed by atoms with Gasteiger partial charge in [-0.3, -0.25) is 4.79 Å². The standard InChI is InChI=1S/C19H21NO5/c1-20(12-14-8-9-15(24-2)11-17(14)25-3)18(21)10-13-6-4-5-7-16(13)19(22)23/h4-9,11H,10,12H2,1-3H3,(H,22,23). The van der Waals surface area contributed by atoms with Crippen LogP contribution in [-0.4, -0.2) is 43.2 Å². The Morgan fingerprint density at radius 1 is 1.04 bits per heavy atom. The summed E-state index contributed by atoms with van der Waals surface area (Å²) in [6, 6.07) is 11.9. The first-order valence-electron chi connectivity index (χ1n) is 7.72. The number of carbonyl (C=O) groups excluding carboxylic acids is 1. The fourth-order valence-electron chi connectivity index (χ4n) is 2.51. The summed E-state index contributed by atoms with van der Waals surface area (Å²) in [5.74, 6) is 0.0874. The van der Waals surface area contributed by atoms with E-state index in [1.807, 2.05) is 6.07 Å². The van der Waals surface area contributed by atoms with Gasteiger partial charge in [0.15, 0.2) is 0 Å². The number of carboxylic acid groups (broad SMARTS) is 1. The summed E-state index contributed by atoms with van der Waals surface area (Å²) in [5, 5.41) is 9.22. The first-order valence-corrected chi connectivity index (χ1v) is 7.72. The molecule has 132 valence electrons. The molecule has 2 rings (SSSR count). The van der Waals surface area contributed by atoms with E-state index in [9.17, 15) is 14.7 Å². The van der Waals surface area contributed by atoms with Crippen molar-refractivity contribution in [3.05, 3.63) is 59.2 Å². The SMILES string of the molecule is COc1ccc(CN(C)C(=O)Cc2ccccc2C(=O)O)c(OC)c1. The van der Waals surface area contributed by atoms with Gasteiger partial charge in [-0.15, -0.1) is 0 Å². The number of carboxylic acids is 1. The lowest BCUT2D eigenvalue weighted by Gasteiger charge is -2.20. The van der Waals surface area contributed by atoms with Crippen molar-refractivity contribution in [2.45, 2.75) is 13.0 Å². The minimum Gasteiger partial charge on any atom is -0.497 e. The Morgan fingerprint density at radius 2 is 1.76 bits per heavy atom. The number of carbonyl (C=O) groups is 2. The average Bonchev–Trinajstić information content (AvgIpc) is 2.62. The highest BCUT2D eigenvalue weighted by Crippen LogP contribution is 2.25. The van der Waals surface area contributed by atoms with Crippen molar-refractivity contribution in [1.82, 2.24) is 4.90 Å². The van der Waals surface area contributed by atoms with Gasteiger partial charge in [0.2, 0.25) is 5.91 Å². The molecule has 0 unspecified atom stereocenters. The van der Waals surface area contributed by atoms with Gasteiger partial charge in [-0.2, -0.15) is 0 Å². The van der Waals surface area contributed by atoms with Crippen molar-refractivity contribution in [3.63, 3.8) is 0 Å². The van der Waals surface area contributed by atoms with Crippen LogP contribution in [0.4, 0.5) is 0 Å². The van der Waals surface area contributed by atoms with E-state index in [-0.39, 0.29) is 17.9 Å². The maximum absolute atomic E-state index is 12.5. The number of hydrogen-bond donors (Lipinski definition) is 1. The van der Waals surface area contributed by atoms with E-state index in [0.29, 0.717) is 23.6 Å². The summed E-state index contributed by atoms with van der Waals surface area (Å²) in [5.41, 5.74) is 1.48. The Balaban J connectivity index is 2.12. The van der Waals surface area contributed by atoms with Crippen LogP contribution in [0, 0.1) is 0 Å². The van der Waals surface area contributed by atoms with Gasteiger partial charge >= 0.3 is 5.97 Å². The molecule has 2 aromatic carbocycles. The molecule has 0 aliphatic rings. The van der Waals surface area contributed by atoms with Gasteiger partial charge in [0.25, 0.3) is 0 Å². The number of benzene rings is 2. The highest BCUT2D eigenvalue weighted by atomic mass is 16.5. The predicted molar refractivity (Wildman–Crippen MR) is 93.1 cm³/mol. The normalized spacial score (nSPS) is 10.2. The number of methoxy groups -OCH3 is 2. The summed E-state index contributed by atoms with van der Waals surface area (Å²) in [4.78, 5) is 25.3. The molecule has 0 aliphatic carbocycles. The topological polar surface area (TPSA) is 76.1 Å². The Morgan fingerprint density at radius 3 is 2.40 bits per heavy atom. The van der Waals surface area contributed by atoms with Crippen LogP contribution in [0.5, 0.6) is 11.5 Å². The molecule has 0 atom stereocenters. The predicted octanol–water partition coefficient (Wildman–Crippen LogP) is 2.60. The third-order valence-electron chi connectivity index (χ3n) is 3.92. The summed E-state index contributed by atoms with van der Waals surface area (Å²) in [6.07, 6.45) is 0.0252. The van der Waals surface area contributed by atoms with E-state index >= 15 is 0 Å². The van der Waals surface area contributed by atoms with Crippen molar-refractivity contribution < 1.29 is 24.2 Å². The second kappa shape index (κ2) is 8.19. The van der Waals surface area contributed by atoms with Gasteiger partial charge in [0.1, 0.15) is 11.5 Å². The maximum atomic E-state index is 12.5. The molecular formula is C19H21NO5. The van der Waals surface area contributed by atoms with Gasteiger partial charge in [-0.1, -0.05) is 18.2 Å². The molecule has 0 radical (unpaired) electrons. The number of rotatable bonds is 7. The van der Waals surface area contributed by atoms with E-state index in [1.165, 1.54) is 6.07 Å². The van der Waals surface area contributed by atoms with Crippen molar-refractivity contribution in [3.8, 4) is 11.5 Å². The second-order valence-electron chi connectivity index (χ2n) is 5.57. The van der Waals surface area contributed by atoms with Crippen LogP contribution in [0.1, 0.15) is 21.5 Å². The van der Waals surface area contributed by atoms with E-state index in [0.717, 1.165) is 5.56 Å². The van der Waals surface area contributed by atoms with Gasteiger partial charge in [-0.05, 0) is 23.8 Å². The molecule has 6 heteroatoms. The van der Waals surface area contributed by atoms with Crippen LogP contribution < -0.4 is 9.47 Å². The van der Waals surface area contributed by atoms with Crippen LogP contribution in [0.25, 0.3) is 0 Å². The Kier molecular flexibility index (Phi) is 6.00. The summed E-state index contributed by atoms with van der Waals surface area (Å²) in [7, 11) is 4.81. The molecule has 25 heavy (non-hydrogen) atoms. The van der Waals surface area contributed by atoms with Crippen LogP contribution in [0.2, 0.25) is 0 Å². The minimum absolute atomic E-state index is 0.0252. The first kappa shape index (κ1) is 18.3. The number of ether oxygens (including phenoxy) is 2. The third kappa shape index (κ3) is 4.50. The smallest absolute Gasteiger partial charge is 0.335 e. The number of aromatic carboxylic acids is 1. The molecule has 0 saturated carbocycles. The number of hydrogen-bond acceptors (Lipinski definition) is 4. The van der Waals surface area contributed by atoms with E-state index in [1.54, 1.807) is 56.5 Å². The minimum atomic E-state index is -1.04. The molecule has 0 aromatic heterocycles. The lowest BCUT2D eigenvalue weighted by molar-refractivity contribution is -0.129. The van der Waals surface area contributed by atoms with Crippen molar-refractivity contribution in [2.24, 2.45) is 0 Å². The van der Waals surface area contributed by atoms with Gasteiger partial charge in [0.05, 0.1) is 26.2 Å². The average molecular weight is 343 g/mol. The quantitative estimate of drug-likeness (QED) is 0.836. The summed E-state index contributed by atoms with van der Waals surface area (Å²) >= 11 is 0. The lowest BCUT2D eigenvalue weighted by atomic mass is 10.0. The highest BCUT2D eigenvalue weighted by molar-refractivity contribution is 5.91. The van der Waals surface area contributed by atoms with Crippen LogP contribution in [0.3, 0.4) is 0 Å². The van der Waals surface area contributed by atoms with Crippen molar-refractivity contribution in [2.75, 3.05) is 21.3 Å². The van der Waals surface area contributed by atoms with Gasteiger partial charge < -0.3 is 19.5 Å². The second-order valence-corrected chi connectivity index (χ2v) is 5.57. The number of nitrogens with zero attached hydrogens (tertiary/aromatic N) is 1. The molecule has 0 saturated heterocycles. The molecule has 1 amide bonds. The van der Waals surface area contributed by atoms with Gasteiger partial charge in [-0.25, -0.2) is 4.79 Å². The molecule has 0 heterocycles. The molecule has 0 aliphatic heterocycles. The zero-order valence-electron chi connectivity index (χ0n) is 14.5. The summed E-state index contributed by atoms with van der Waals surface area (Å²) < 4.78 is 10.5. The molecule has 0 fully saturated rings. The summed E-state index contributed by atoms with van der Waals surface area (Å²) in [6.45, 7) is 0.348. The fraction of sp³-hybridized carbons (Fsp3) is 0.263. The molecule has 0 bridgehead atoms. The van der Waals surface area contributed by atoms with E-state index < -0.39 is 5.97 Å². The third-order valence-corrected chi connectivity index (χ3v) is 3.92. The lowest BCUT2D eigenvalue weighted by Crippen LogP contribution is -2.28. The monoisotopic (exact) mass is 343 g/mol. The van der Waals surface area contributed by atoms with E-state index in [4.69, 9.17) is 9.47 Å². The Bertz CT molecular complexity index is 772. The number of likely N-dealkylation sites (N-methyl/N-ethyl adjacent to an activating group) is 1. The zero-order valence-corrected chi connectivity index (χ0v) is 14.5. The first-order chi connectivity index (χ1) is 12.0. The highest BCUT2D eigenvalue weighted by Gasteiger charge is 2.17.